The largest absolute Gasteiger partial charge is 0.381 e. The summed E-state index contributed by atoms with van der Waals surface area (Å²) < 4.78 is 15.3. The summed E-state index contributed by atoms with van der Waals surface area (Å²) >= 11 is 0. The maximum absolute atomic E-state index is 13.4. The Morgan fingerprint density at radius 2 is 2.14 bits per heavy atom. The van der Waals surface area contributed by atoms with Gasteiger partial charge in [-0.1, -0.05) is 6.07 Å². The van der Waals surface area contributed by atoms with Crippen molar-refractivity contribution < 1.29 is 9.18 Å². The van der Waals surface area contributed by atoms with Crippen LogP contribution in [0.5, 0.6) is 0 Å². The Morgan fingerprint density at radius 1 is 1.26 bits per heavy atom. The van der Waals surface area contributed by atoms with Gasteiger partial charge in [-0.3, -0.25) is 9.20 Å². The Balaban J connectivity index is 1.08. The van der Waals surface area contributed by atoms with Crippen LogP contribution >= 0.6 is 0 Å². The third kappa shape index (κ3) is 3.09. The minimum Gasteiger partial charge on any atom is -0.381 e. The van der Waals surface area contributed by atoms with Gasteiger partial charge in [-0.15, -0.1) is 0 Å². The molecule has 0 aliphatic heterocycles. The number of anilines is 2. The van der Waals surface area contributed by atoms with E-state index in [2.05, 4.69) is 20.3 Å². The number of nitrogen functional groups attached to an aromatic ring is 1. The van der Waals surface area contributed by atoms with Crippen LogP contribution in [0.25, 0.3) is 5.65 Å². The van der Waals surface area contributed by atoms with Crippen LogP contribution in [-0.2, 0) is 6.54 Å². The number of carbonyl (C=O) groups is 1. The zero-order valence-corrected chi connectivity index (χ0v) is 19.9. The van der Waals surface area contributed by atoms with Crippen molar-refractivity contribution in [1.82, 2.24) is 24.7 Å². The number of hydrogen-bond donors (Lipinski definition) is 2. The van der Waals surface area contributed by atoms with Gasteiger partial charge in [0.15, 0.2) is 11.6 Å². The van der Waals surface area contributed by atoms with Gasteiger partial charge in [0.05, 0.1) is 18.4 Å². The first kappa shape index (κ1) is 21.1. The number of imidazole rings is 1. The zero-order valence-electron chi connectivity index (χ0n) is 19.9. The highest BCUT2D eigenvalue weighted by Gasteiger charge is 2.70. The quantitative estimate of drug-likeness (QED) is 0.567. The van der Waals surface area contributed by atoms with E-state index in [9.17, 15) is 9.18 Å². The molecule has 0 saturated heterocycles. The van der Waals surface area contributed by atoms with E-state index < -0.39 is 5.82 Å². The molecule has 3 heterocycles. The number of aromatic nitrogens is 4. The summed E-state index contributed by atoms with van der Waals surface area (Å²) in [4.78, 5) is 27.7. The molecule has 0 aromatic carbocycles. The first-order valence-corrected chi connectivity index (χ1v) is 12.6. The number of nitrogens with one attached hydrogen (secondary N) is 1. The molecule has 5 unspecified atom stereocenters. The van der Waals surface area contributed by atoms with E-state index in [4.69, 9.17) is 5.73 Å². The molecule has 4 fully saturated rings. The lowest BCUT2D eigenvalue weighted by molar-refractivity contribution is -0.00254. The molecule has 8 nitrogen and oxygen atoms in total. The van der Waals surface area contributed by atoms with E-state index in [0.717, 1.165) is 36.2 Å². The SMILES string of the molecule is CN(Cc1cn2c(C(=O)NCC34CC5CC6CC(C3)C6(C5)C4)cccc2n1)c1ncc(F)c(N)n1. The van der Waals surface area contributed by atoms with Crippen molar-refractivity contribution in [1.29, 1.82) is 0 Å². The number of nitrogens with two attached hydrogens (primary N) is 1. The molecule has 35 heavy (non-hydrogen) atoms. The molecule has 3 aromatic heterocycles. The minimum atomic E-state index is -0.643. The highest BCUT2D eigenvalue weighted by atomic mass is 19.1. The van der Waals surface area contributed by atoms with Gasteiger partial charge in [0, 0.05) is 19.8 Å². The molecule has 1 spiro atoms. The Hall–Kier alpha value is -3.23. The Labute approximate surface area is 203 Å². The number of nitrogens with zero attached hydrogens (tertiary/aromatic N) is 5. The van der Waals surface area contributed by atoms with Crippen molar-refractivity contribution in [2.24, 2.45) is 28.6 Å². The molecule has 4 saturated carbocycles. The van der Waals surface area contributed by atoms with Crippen LogP contribution in [0.4, 0.5) is 16.2 Å². The summed E-state index contributed by atoms with van der Waals surface area (Å²) in [5.74, 6) is 2.16. The van der Waals surface area contributed by atoms with E-state index in [1.165, 1.54) is 38.5 Å². The van der Waals surface area contributed by atoms with Crippen LogP contribution in [0.15, 0.2) is 30.6 Å². The van der Waals surface area contributed by atoms with Gasteiger partial charge >= 0.3 is 0 Å². The highest BCUT2D eigenvalue weighted by Crippen LogP contribution is 2.78. The van der Waals surface area contributed by atoms with Crippen LogP contribution in [0.2, 0.25) is 0 Å². The first-order chi connectivity index (χ1) is 16.8. The second-order valence-electron chi connectivity index (χ2n) is 11.6. The van der Waals surface area contributed by atoms with Gasteiger partial charge in [0.25, 0.3) is 5.91 Å². The maximum Gasteiger partial charge on any atom is 0.268 e. The van der Waals surface area contributed by atoms with Crippen molar-refractivity contribution in [2.45, 2.75) is 45.1 Å². The summed E-state index contributed by atoms with van der Waals surface area (Å²) in [6.45, 7) is 1.17. The van der Waals surface area contributed by atoms with Gasteiger partial charge < -0.3 is 16.0 Å². The van der Waals surface area contributed by atoms with Gasteiger partial charge in [-0.05, 0) is 79.2 Å². The molecule has 9 heteroatoms. The van der Waals surface area contributed by atoms with Crippen LogP contribution in [0.1, 0.15) is 54.7 Å². The third-order valence-electron chi connectivity index (χ3n) is 9.48. The Morgan fingerprint density at radius 3 is 3.00 bits per heavy atom. The van der Waals surface area contributed by atoms with Crippen LogP contribution in [0, 0.1) is 34.4 Å². The molecule has 3 bridgehead atoms. The summed E-state index contributed by atoms with van der Waals surface area (Å²) in [5, 5.41) is 3.30. The van der Waals surface area contributed by atoms with Crippen LogP contribution in [0.3, 0.4) is 0 Å². The highest BCUT2D eigenvalue weighted by molar-refractivity contribution is 5.93. The standard InChI is InChI=1S/C26H30FN7O/c1-33(24-29-10-19(27)22(28)32-24)11-18-12-34-20(3-2-4-21(34)31-18)23(35)30-14-25-7-15-5-16-6-17(9-25)26(16,8-15)13-25/h2-4,10,12,15-17H,5-9,11,13-14H2,1H3,(H,30,35)(H2,28,29,32). The average molecular weight is 476 g/mol. The summed E-state index contributed by atoms with van der Waals surface area (Å²) in [6, 6.07) is 5.60. The molecule has 4 aliphatic rings. The van der Waals surface area contributed by atoms with E-state index in [1.54, 1.807) is 11.9 Å². The Kier molecular flexibility index (Phi) is 4.31. The summed E-state index contributed by atoms with van der Waals surface area (Å²) in [6.07, 6.45) is 11.1. The van der Waals surface area contributed by atoms with Gasteiger partial charge in [-0.2, -0.15) is 4.98 Å². The topological polar surface area (TPSA) is 101 Å². The van der Waals surface area contributed by atoms with Crippen molar-refractivity contribution in [3.8, 4) is 0 Å². The molecular formula is C26H30FN7O. The number of halogens is 1. The number of pyridine rings is 1. The van der Waals surface area contributed by atoms with Crippen molar-refractivity contribution in [3.05, 3.63) is 47.8 Å². The van der Waals surface area contributed by atoms with Crippen LogP contribution < -0.4 is 16.0 Å². The molecule has 0 radical (unpaired) electrons. The Bertz CT molecular complexity index is 1350. The first-order valence-electron chi connectivity index (χ1n) is 12.6. The smallest absolute Gasteiger partial charge is 0.268 e. The lowest BCUT2D eigenvalue weighted by Crippen LogP contribution is -2.43. The van der Waals surface area contributed by atoms with Crippen molar-refractivity contribution >= 4 is 23.3 Å². The van der Waals surface area contributed by atoms with Gasteiger partial charge in [0.1, 0.15) is 11.3 Å². The zero-order chi connectivity index (χ0) is 23.9. The predicted octanol–water partition coefficient (Wildman–Crippen LogP) is 3.43. The fraction of sp³-hybridized carbons (Fsp3) is 0.538. The second-order valence-corrected chi connectivity index (χ2v) is 11.6. The molecule has 1 amide bonds. The third-order valence-corrected chi connectivity index (χ3v) is 9.48. The number of carbonyl (C=O) groups excluding carboxylic acids is 1. The molecular weight excluding hydrogens is 445 g/mol. The molecule has 182 valence electrons. The minimum absolute atomic E-state index is 0.0526. The van der Waals surface area contributed by atoms with E-state index in [1.807, 2.05) is 28.8 Å². The number of hydrogen-bond acceptors (Lipinski definition) is 6. The van der Waals surface area contributed by atoms with E-state index in [0.29, 0.717) is 34.7 Å². The van der Waals surface area contributed by atoms with Gasteiger partial charge in [-0.25, -0.2) is 14.4 Å². The number of fused-ring (bicyclic) bond motifs is 3. The lowest BCUT2D eigenvalue weighted by Gasteiger charge is -2.49. The molecule has 3 aromatic rings. The monoisotopic (exact) mass is 475 g/mol. The fourth-order valence-corrected chi connectivity index (χ4v) is 8.29. The second kappa shape index (κ2) is 7.15. The molecule has 4 aliphatic carbocycles. The number of rotatable bonds is 6. The maximum atomic E-state index is 13.4. The number of amides is 1. The molecule has 7 rings (SSSR count). The van der Waals surface area contributed by atoms with Crippen molar-refractivity contribution in [2.75, 3.05) is 24.2 Å². The van der Waals surface area contributed by atoms with Gasteiger partial charge in [0.2, 0.25) is 5.95 Å². The summed E-state index contributed by atoms with van der Waals surface area (Å²) in [7, 11) is 1.79. The molecule has 5 atom stereocenters. The van der Waals surface area contributed by atoms with E-state index in [-0.39, 0.29) is 11.7 Å². The lowest BCUT2D eigenvalue weighted by atomic mass is 9.55. The fourth-order valence-electron chi connectivity index (χ4n) is 8.29. The normalized spacial score (nSPS) is 32.0. The predicted molar refractivity (Wildman–Crippen MR) is 129 cm³/mol. The van der Waals surface area contributed by atoms with Crippen molar-refractivity contribution in [3.63, 3.8) is 0 Å². The molecule has 3 N–H and O–H groups in total. The summed E-state index contributed by atoms with van der Waals surface area (Å²) in [5.41, 5.74) is 8.53. The average Bonchev–Trinajstić information content (AvgIpc) is 3.39. The van der Waals surface area contributed by atoms with Crippen LogP contribution in [-0.4, -0.2) is 38.9 Å². The van der Waals surface area contributed by atoms with E-state index >= 15 is 0 Å².